The molecule has 3 nitrogen and oxygen atoms in total. The van der Waals surface area contributed by atoms with Gasteiger partial charge in [-0.1, -0.05) is 45.0 Å². The Morgan fingerprint density at radius 3 is 2.23 bits per heavy atom. The van der Waals surface area contributed by atoms with Crippen molar-refractivity contribution in [1.29, 1.82) is 0 Å². The minimum absolute atomic E-state index is 0.0108. The van der Waals surface area contributed by atoms with E-state index in [2.05, 4.69) is 27.4 Å². The van der Waals surface area contributed by atoms with Gasteiger partial charge in [0.05, 0.1) is 8.07 Å². The van der Waals surface area contributed by atoms with Gasteiger partial charge in [0.1, 0.15) is 0 Å². The molecule has 2 amide bonds. The van der Waals surface area contributed by atoms with Crippen LogP contribution in [0.25, 0.3) is 0 Å². The zero-order valence-corrected chi connectivity index (χ0v) is 15.0. The van der Waals surface area contributed by atoms with Gasteiger partial charge in [0.2, 0.25) is 0 Å². The Morgan fingerprint density at radius 1 is 1.09 bits per heavy atom. The van der Waals surface area contributed by atoms with E-state index in [0.717, 1.165) is 24.0 Å². The van der Waals surface area contributed by atoms with Gasteiger partial charge in [0.15, 0.2) is 0 Å². The lowest BCUT2D eigenvalue weighted by Gasteiger charge is -2.39. The lowest BCUT2D eigenvalue weighted by atomic mass is 9.93. The molecule has 0 saturated heterocycles. The molecule has 3 unspecified atom stereocenters. The van der Waals surface area contributed by atoms with Crippen molar-refractivity contribution in [3.05, 3.63) is 23.8 Å². The quantitative estimate of drug-likeness (QED) is 0.425. The van der Waals surface area contributed by atoms with Gasteiger partial charge in [-0.05, 0) is 30.2 Å². The fourth-order valence-electron chi connectivity index (χ4n) is 5.47. The molecular formula is C18H27NO2Si. The Hall–Kier alpha value is -1.16. The minimum atomic E-state index is -1.33. The Bertz CT molecular complexity index is 553. The summed E-state index contributed by atoms with van der Waals surface area (Å²) in [6.45, 7) is 11.0. The number of rotatable bonds is 6. The third-order valence-corrected chi connectivity index (χ3v) is 13.2. The fourth-order valence-corrected chi connectivity index (χ4v) is 10.5. The maximum Gasteiger partial charge on any atom is 0.257 e. The van der Waals surface area contributed by atoms with Gasteiger partial charge in [0, 0.05) is 17.7 Å². The molecule has 0 aromatic heterocycles. The highest BCUT2D eigenvalue weighted by Gasteiger charge is 2.59. The van der Waals surface area contributed by atoms with Crippen molar-refractivity contribution >= 4 is 19.9 Å². The summed E-state index contributed by atoms with van der Waals surface area (Å²) in [5.74, 6) is 0.691. The van der Waals surface area contributed by atoms with Gasteiger partial charge >= 0.3 is 0 Å². The molecule has 2 aliphatic carbocycles. The van der Waals surface area contributed by atoms with Crippen molar-refractivity contribution in [3.63, 3.8) is 0 Å². The largest absolute Gasteiger partial charge is 0.271 e. The van der Waals surface area contributed by atoms with Gasteiger partial charge in [0.25, 0.3) is 11.8 Å². The second kappa shape index (κ2) is 5.48. The number of nitrogens with zero attached hydrogens (tertiary/aromatic N) is 1. The van der Waals surface area contributed by atoms with Crippen molar-refractivity contribution in [2.75, 3.05) is 6.54 Å². The summed E-state index contributed by atoms with van der Waals surface area (Å²) in [5, 5.41) is 0. The maximum atomic E-state index is 12.7. The van der Waals surface area contributed by atoms with Gasteiger partial charge in [-0.25, -0.2) is 0 Å². The van der Waals surface area contributed by atoms with Crippen LogP contribution in [-0.2, 0) is 9.59 Å². The van der Waals surface area contributed by atoms with E-state index in [4.69, 9.17) is 0 Å². The highest BCUT2D eigenvalue weighted by atomic mass is 28.3. The average Bonchev–Trinajstić information content (AvgIpc) is 3.18. The molecule has 0 N–H and O–H groups in total. The monoisotopic (exact) mass is 317 g/mol. The number of carbonyl (C=O) groups excluding carboxylic acids is 2. The first kappa shape index (κ1) is 15.7. The molecule has 2 bridgehead atoms. The highest BCUT2D eigenvalue weighted by Crippen LogP contribution is 2.62. The molecule has 120 valence electrons. The molecule has 0 spiro atoms. The molecule has 1 fully saturated rings. The van der Waals surface area contributed by atoms with Crippen LogP contribution in [0, 0.1) is 11.8 Å². The highest BCUT2D eigenvalue weighted by molar-refractivity contribution is 6.81. The fraction of sp³-hybridized carbons (Fsp3) is 0.667. The molecule has 3 rings (SSSR count). The number of imide groups is 1. The van der Waals surface area contributed by atoms with Crippen molar-refractivity contribution in [1.82, 2.24) is 4.90 Å². The Balaban J connectivity index is 1.95. The van der Waals surface area contributed by atoms with Gasteiger partial charge < -0.3 is 0 Å². The number of hydrogen-bond acceptors (Lipinski definition) is 2. The van der Waals surface area contributed by atoms with E-state index in [1.54, 1.807) is 6.08 Å². The molecule has 3 aliphatic rings. The summed E-state index contributed by atoms with van der Waals surface area (Å²) in [4.78, 5) is 26.7. The number of likely N-dealkylation sites (tertiary alicyclic amines) is 1. The molecule has 1 heterocycles. The minimum Gasteiger partial charge on any atom is -0.271 e. The first-order valence-electron chi connectivity index (χ1n) is 8.75. The van der Waals surface area contributed by atoms with Crippen molar-refractivity contribution in [2.45, 2.75) is 57.3 Å². The topological polar surface area (TPSA) is 37.4 Å². The summed E-state index contributed by atoms with van der Waals surface area (Å²) >= 11 is 0. The molecule has 0 aromatic carbocycles. The summed E-state index contributed by atoms with van der Waals surface area (Å²) in [5.41, 5.74) is 2.48. The Morgan fingerprint density at radius 2 is 1.68 bits per heavy atom. The zero-order valence-electron chi connectivity index (χ0n) is 14.0. The van der Waals surface area contributed by atoms with Crippen molar-refractivity contribution in [3.8, 4) is 0 Å². The summed E-state index contributed by atoms with van der Waals surface area (Å²) in [6, 6.07) is 3.90. The smallest absolute Gasteiger partial charge is 0.257 e. The standard InChI is InChI=1S/C18H27NO2Si/c1-5-9-19-17(20)15-12-10-13(16(15)18(19)21)14(11-12)22(6-2,7-3)8-4/h5,12-14H,1,6-11H2,2-4H3. The van der Waals surface area contributed by atoms with Crippen LogP contribution in [0.3, 0.4) is 0 Å². The predicted octanol–water partition coefficient (Wildman–Crippen LogP) is 3.76. The first-order chi connectivity index (χ1) is 10.5. The average molecular weight is 318 g/mol. The summed E-state index contributed by atoms with van der Waals surface area (Å²) in [7, 11) is -1.33. The van der Waals surface area contributed by atoms with Crippen molar-refractivity contribution in [2.24, 2.45) is 11.8 Å². The van der Waals surface area contributed by atoms with Crippen LogP contribution in [0.4, 0.5) is 0 Å². The van der Waals surface area contributed by atoms with Crippen LogP contribution >= 0.6 is 0 Å². The second-order valence-electron chi connectivity index (χ2n) is 7.14. The second-order valence-corrected chi connectivity index (χ2v) is 12.7. The molecule has 3 atom stereocenters. The molecule has 1 aliphatic heterocycles. The number of amides is 2. The number of hydrogen-bond donors (Lipinski definition) is 0. The lowest BCUT2D eigenvalue weighted by Crippen LogP contribution is -2.41. The lowest BCUT2D eigenvalue weighted by molar-refractivity contribution is -0.137. The van der Waals surface area contributed by atoms with E-state index in [-0.39, 0.29) is 11.8 Å². The van der Waals surface area contributed by atoms with E-state index in [1.807, 2.05) is 0 Å². The van der Waals surface area contributed by atoms with E-state index >= 15 is 0 Å². The molecular weight excluding hydrogens is 290 g/mol. The summed E-state index contributed by atoms with van der Waals surface area (Å²) in [6.07, 6.45) is 3.87. The van der Waals surface area contributed by atoms with Crippen LogP contribution in [0.15, 0.2) is 23.8 Å². The van der Waals surface area contributed by atoms with Crippen LogP contribution in [-0.4, -0.2) is 31.3 Å². The zero-order chi connectivity index (χ0) is 16.1. The normalized spacial score (nSPS) is 30.5. The van der Waals surface area contributed by atoms with Crippen molar-refractivity contribution < 1.29 is 9.59 Å². The SMILES string of the molecule is C=CCN1C(=O)C2=C(C1=O)C1CC2CC1[Si](CC)(CC)CC. The predicted molar refractivity (Wildman–Crippen MR) is 91.1 cm³/mol. The first-order valence-corrected chi connectivity index (χ1v) is 11.5. The maximum absolute atomic E-state index is 12.7. The van der Waals surface area contributed by atoms with Crippen LogP contribution in [0.2, 0.25) is 23.7 Å². The van der Waals surface area contributed by atoms with Gasteiger partial charge in [-0.2, -0.15) is 0 Å². The molecule has 0 radical (unpaired) electrons. The molecule has 1 saturated carbocycles. The Labute approximate surface area is 134 Å². The van der Waals surface area contributed by atoms with Crippen LogP contribution in [0.5, 0.6) is 0 Å². The third-order valence-electron chi connectivity index (χ3n) is 6.79. The molecule has 22 heavy (non-hydrogen) atoms. The molecule has 0 aromatic rings. The van der Waals surface area contributed by atoms with E-state index in [0.29, 0.717) is 23.9 Å². The Kier molecular flexibility index (Phi) is 3.92. The van der Waals surface area contributed by atoms with Gasteiger partial charge in [-0.15, -0.1) is 6.58 Å². The van der Waals surface area contributed by atoms with E-state index in [9.17, 15) is 9.59 Å². The van der Waals surface area contributed by atoms with Crippen LogP contribution in [0.1, 0.15) is 33.6 Å². The van der Waals surface area contributed by atoms with Gasteiger partial charge in [-0.3, -0.25) is 14.5 Å². The van der Waals surface area contributed by atoms with E-state index < -0.39 is 8.07 Å². The third kappa shape index (κ3) is 1.86. The van der Waals surface area contributed by atoms with Crippen LogP contribution < -0.4 is 0 Å². The summed E-state index contributed by atoms with van der Waals surface area (Å²) < 4.78 is 0. The molecule has 4 heteroatoms. The number of fused-ring (bicyclic) bond motifs is 4. The van der Waals surface area contributed by atoms with E-state index in [1.165, 1.54) is 23.0 Å². The number of carbonyl (C=O) groups is 2.